The number of halogens is 1. The smallest absolute Gasteiger partial charge is 0.261 e. The van der Waals surface area contributed by atoms with Crippen molar-refractivity contribution in [1.82, 2.24) is 10.0 Å². The molecule has 1 aliphatic rings. The average molecular weight is 526 g/mol. The van der Waals surface area contributed by atoms with Gasteiger partial charge in [-0.1, -0.05) is 35.2 Å². The summed E-state index contributed by atoms with van der Waals surface area (Å²) in [4.78, 5) is 12.7. The van der Waals surface area contributed by atoms with Crippen molar-refractivity contribution in [2.45, 2.75) is 43.0 Å². The van der Waals surface area contributed by atoms with Crippen molar-refractivity contribution in [2.24, 2.45) is 0 Å². The van der Waals surface area contributed by atoms with E-state index in [9.17, 15) is 13.2 Å². The lowest BCUT2D eigenvalue weighted by Crippen LogP contribution is -2.36. The molecule has 31 heavy (non-hydrogen) atoms. The lowest BCUT2D eigenvalue weighted by molar-refractivity contribution is 0.0974. The van der Waals surface area contributed by atoms with Crippen LogP contribution < -0.4 is 20.1 Å². The summed E-state index contributed by atoms with van der Waals surface area (Å²) in [6, 6.07) is 11.3. The van der Waals surface area contributed by atoms with Gasteiger partial charge in [-0.15, -0.1) is 0 Å². The molecule has 0 unspecified atom stereocenters. The molecule has 1 amide bonds. The number of rotatable bonds is 6. The molecule has 3 N–H and O–H groups in total. The molecule has 0 saturated heterocycles. The van der Waals surface area contributed by atoms with Crippen molar-refractivity contribution in [1.29, 1.82) is 0 Å². The highest BCUT2D eigenvalue weighted by atomic mass is 79.9. The number of sulfonamides is 1. The van der Waals surface area contributed by atoms with Gasteiger partial charge in [-0.25, -0.2) is 13.1 Å². The number of hydrogen-bond acceptors (Lipinski definition) is 5. The molecular weight excluding hydrogens is 502 g/mol. The van der Waals surface area contributed by atoms with E-state index < -0.39 is 15.9 Å². The van der Waals surface area contributed by atoms with E-state index in [0.717, 1.165) is 36.6 Å². The molecule has 0 spiro atoms. The van der Waals surface area contributed by atoms with Gasteiger partial charge in [0.25, 0.3) is 5.91 Å². The number of hydrogen-bond donors (Lipinski definition) is 3. The van der Waals surface area contributed by atoms with Crippen molar-refractivity contribution in [3.05, 3.63) is 52.5 Å². The van der Waals surface area contributed by atoms with Crippen LogP contribution in [0, 0.1) is 0 Å². The van der Waals surface area contributed by atoms with Crippen LogP contribution in [0.3, 0.4) is 0 Å². The highest BCUT2D eigenvalue weighted by Gasteiger charge is 2.22. The number of carbonyl (C=O) groups excluding carboxylic acids is 1. The third-order valence-electron chi connectivity index (χ3n) is 4.98. The number of ether oxygens (including phenoxy) is 1. The Morgan fingerprint density at radius 2 is 1.77 bits per heavy atom. The number of benzene rings is 2. The maximum absolute atomic E-state index is 12.6. The number of nitrogens with one attached hydrogen (secondary N) is 3. The van der Waals surface area contributed by atoms with E-state index in [2.05, 4.69) is 31.3 Å². The monoisotopic (exact) mass is 525 g/mol. The number of thiocarbonyl (C=S) groups is 1. The second kappa shape index (κ2) is 10.5. The topological polar surface area (TPSA) is 96.5 Å². The van der Waals surface area contributed by atoms with Crippen molar-refractivity contribution in [2.75, 3.05) is 12.4 Å². The summed E-state index contributed by atoms with van der Waals surface area (Å²) < 4.78 is 33.9. The molecule has 2 aromatic carbocycles. The van der Waals surface area contributed by atoms with E-state index in [1.54, 1.807) is 30.3 Å². The molecule has 7 nitrogen and oxygen atoms in total. The van der Waals surface area contributed by atoms with Crippen LogP contribution in [0.5, 0.6) is 5.75 Å². The van der Waals surface area contributed by atoms with E-state index in [1.807, 2.05) is 0 Å². The summed E-state index contributed by atoms with van der Waals surface area (Å²) in [5.41, 5.74) is 0.888. The van der Waals surface area contributed by atoms with Gasteiger partial charge in [0.15, 0.2) is 5.11 Å². The Morgan fingerprint density at radius 1 is 1.10 bits per heavy atom. The van der Waals surface area contributed by atoms with Crippen LogP contribution in [0.25, 0.3) is 0 Å². The molecule has 3 rings (SSSR count). The Hall–Kier alpha value is -2.01. The average Bonchev–Trinajstić information content (AvgIpc) is 2.74. The zero-order valence-electron chi connectivity index (χ0n) is 17.0. The Balaban J connectivity index is 1.61. The van der Waals surface area contributed by atoms with Crippen LogP contribution in [-0.2, 0) is 10.0 Å². The van der Waals surface area contributed by atoms with Crippen molar-refractivity contribution in [3.63, 3.8) is 0 Å². The first-order valence-electron chi connectivity index (χ1n) is 9.87. The first-order chi connectivity index (χ1) is 14.8. The van der Waals surface area contributed by atoms with E-state index in [-0.39, 0.29) is 16.0 Å². The molecule has 0 radical (unpaired) electrons. The third-order valence-corrected chi connectivity index (χ3v) is 7.22. The first kappa shape index (κ1) is 23.6. The minimum atomic E-state index is -3.57. The number of amides is 1. The van der Waals surface area contributed by atoms with Gasteiger partial charge in [0.1, 0.15) is 5.75 Å². The normalized spacial score (nSPS) is 14.6. The molecule has 10 heteroatoms. The van der Waals surface area contributed by atoms with Gasteiger partial charge >= 0.3 is 0 Å². The summed E-state index contributed by atoms with van der Waals surface area (Å²) >= 11 is 8.54. The Kier molecular flexibility index (Phi) is 8.04. The van der Waals surface area contributed by atoms with Gasteiger partial charge in [0.05, 0.1) is 17.6 Å². The molecule has 0 heterocycles. The van der Waals surface area contributed by atoms with Gasteiger partial charge in [-0.2, -0.15) is 0 Å². The summed E-state index contributed by atoms with van der Waals surface area (Å²) in [6.45, 7) is 0. The minimum absolute atomic E-state index is 0.00523. The highest BCUT2D eigenvalue weighted by molar-refractivity contribution is 9.10. The zero-order chi connectivity index (χ0) is 22.4. The standard InChI is InChI=1S/C21H24BrN3O4S2/c1-29-19-12-7-14(22)13-18(19)20(26)24-21(30)23-15-8-10-17(11-9-15)31(27,28)25-16-5-3-2-4-6-16/h7-13,16,25H,2-6H2,1H3,(H2,23,24,26,30). The maximum Gasteiger partial charge on any atom is 0.261 e. The van der Waals surface area contributed by atoms with Gasteiger partial charge in [-0.05, 0) is 67.5 Å². The van der Waals surface area contributed by atoms with Gasteiger partial charge in [-0.3, -0.25) is 10.1 Å². The minimum Gasteiger partial charge on any atom is -0.496 e. The van der Waals surface area contributed by atoms with E-state index in [1.165, 1.54) is 19.2 Å². The highest BCUT2D eigenvalue weighted by Crippen LogP contribution is 2.23. The largest absolute Gasteiger partial charge is 0.496 e. The molecule has 0 bridgehead atoms. The Morgan fingerprint density at radius 3 is 2.42 bits per heavy atom. The number of carbonyl (C=O) groups is 1. The van der Waals surface area contributed by atoms with E-state index >= 15 is 0 Å². The Bertz CT molecular complexity index is 1050. The van der Waals surface area contributed by atoms with Crippen LogP contribution >= 0.6 is 28.1 Å². The summed E-state index contributed by atoms with van der Waals surface area (Å²) in [6.07, 6.45) is 4.99. The molecule has 0 aliphatic heterocycles. The maximum atomic E-state index is 12.6. The van der Waals surface area contributed by atoms with Gasteiger partial charge in [0, 0.05) is 16.2 Å². The van der Waals surface area contributed by atoms with E-state index in [0.29, 0.717) is 17.0 Å². The number of methoxy groups -OCH3 is 1. The molecule has 2 aromatic rings. The van der Waals surface area contributed by atoms with Crippen molar-refractivity contribution in [3.8, 4) is 5.75 Å². The summed E-state index contributed by atoms with van der Waals surface area (Å²) in [7, 11) is -2.09. The summed E-state index contributed by atoms with van der Waals surface area (Å²) in [5.74, 6) is -0.00458. The van der Waals surface area contributed by atoms with Gasteiger partial charge < -0.3 is 10.1 Å². The molecule has 166 valence electrons. The molecular formula is C21H24BrN3O4S2. The number of anilines is 1. The molecule has 1 aliphatic carbocycles. The fourth-order valence-electron chi connectivity index (χ4n) is 3.42. The van der Waals surface area contributed by atoms with Crippen LogP contribution in [0.2, 0.25) is 0 Å². The Labute approximate surface area is 196 Å². The molecule has 0 atom stereocenters. The second-order valence-electron chi connectivity index (χ2n) is 7.23. The van der Waals surface area contributed by atoms with Crippen LogP contribution in [-0.4, -0.2) is 32.6 Å². The van der Waals surface area contributed by atoms with Crippen molar-refractivity contribution >= 4 is 54.9 Å². The van der Waals surface area contributed by atoms with Gasteiger partial charge in [0.2, 0.25) is 10.0 Å². The molecule has 1 fully saturated rings. The fourth-order valence-corrected chi connectivity index (χ4v) is 5.29. The summed E-state index contributed by atoms with van der Waals surface area (Å²) in [5, 5.41) is 5.57. The molecule has 1 saturated carbocycles. The third kappa shape index (κ3) is 6.49. The fraction of sp³-hybridized carbons (Fsp3) is 0.333. The predicted molar refractivity (Wildman–Crippen MR) is 128 cm³/mol. The predicted octanol–water partition coefficient (Wildman–Crippen LogP) is 4.20. The lowest BCUT2D eigenvalue weighted by Gasteiger charge is -2.22. The lowest BCUT2D eigenvalue weighted by atomic mass is 9.96. The SMILES string of the molecule is COc1ccc(Br)cc1C(=O)NC(=S)Nc1ccc(S(=O)(=O)NC2CCCCC2)cc1. The molecule has 0 aromatic heterocycles. The van der Waals surface area contributed by atoms with Crippen LogP contribution in [0.4, 0.5) is 5.69 Å². The second-order valence-corrected chi connectivity index (χ2v) is 10.3. The zero-order valence-corrected chi connectivity index (χ0v) is 20.2. The van der Waals surface area contributed by atoms with Crippen LogP contribution in [0.15, 0.2) is 51.8 Å². The first-order valence-corrected chi connectivity index (χ1v) is 12.6. The quantitative estimate of drug-likeness (QED) is 0.489. The van der Waals surface area contributed by atoms with E-state index in [4.69, 9.17) is 17.0 Å². The van der Waals surface area contributed by atoms with Crippen molar-refractivity contribution < 1.29 is 17.9 Å². The van der Waals surface area contributed by atoms with Crippen LogP contribution in [0.1, 0.15) is 42.5 Å².